The van der Waals surface area contributed by atoms with Gasteiger partial charge in [0.15, 0.2) is 0 Å². The van der Waals surface area contributed by atoms with Gasteiger partial charge in [0.25, 0.3) is 0 Å². The number of aryl methyl sites for hydroxylation is 2. The molecule has 1 N–H and O–H groups in total. The van der Waals surface area contributed by atoms with Crippen LogP contribution >= 0.6 is 23.2 Å². The number of hydrogen-bond acceptors (Lipinski definition) is 2. The maximum atomic E-state index is 10.4. The fourth-order valence-electron chi connectivity index (χ4n) is 2.03. The Hall–Kier alpha value is -1.03. The van der Waals surface area contributed by atoms with Crippen molar-refractivity contribution in [2.45, 2.75) is 20.0 Å². The van der Waals surface area contributed by atoms with E-state index in [-0.39, 0.29) is 0 Å². The van der Waals surface area contributed by atoms with Gasteiger partial charge in [-0.1, -0.05) is 29.3 Å². The van der Waals surface area contributed by atoms with E-state index in [0.717, 1.165) is 17.0 Å². The number of hydrogen-bond donors (Lipinski definition) is 1. The zero-order valence-electron chi connectivity index (χ0n) is 10.4. The van der Waals surface area contributed by atoms with Crippen LogP contribution in [-0.4, -0.2) is 14.9 Å². The van der Waals surface area contributed by atoms with E-state index in [0.29, 0.717) is 15.6 Å². The molecule has 0 aliphatic carbocycles. The van der Waals surface area contributed by atoms with Crippen molar-refractivity contribution >= 4 is 23.2 Å². The lowest BCUT2D eigenvalue weighted by atomic mass is 10.00. The molecule has 0 bridgehead atoms. The van der Waals surface area contributed by atoms with Crippen LogP contribution in [0.3, 0.4) is 0 Å². The summed E-state index contributed by atoms with van der Waals surface area (Å²) < 4.78 is 1.76. The first-order valence-electron chi connectivity index (χ1n) is 5.55. The second-order valence-corrected chi connectivity index (χ2v) is 5.10. The highest BCUT2D eigenvalue weighted by atomic mass is 35.5. The normalized spacial score (nSPS) is 12.8. The van der Waals surface area contributed by atoms with Gasteiger partial charge in [0, 0.05) is 18.3 Å². The van der Waals surface area contributed by atoms with E-state index in [1.54, 1.807) is 22.9 Å². The Morgan fingerprint density at radius 2 is 1.89 bits per heavy atom. The number of nitrogens with zero attached hydrogens (tertiary/aromatic N) is 2. The first-order chi connectivity index (χ1) is 8.41. The van der Waals surface area contributed by atoms with E-state index in [1.807, 2.05) is 20.9 Å². The zero-order valence-corrected chi connectivity index (χ0v) is 11.9. The van der Waals surface area contributed by atoms with Gasteiger partial charge in [0.1, 0.15) is 6.10 Å². The summed E-state index contributed by atoms with van der Waals surface area (Å²) in [6.07, 6.45) is -0.742. The molecule has 1 unspecified atom stereocenters. The Bertz CT molecular complexity index is 593. The molecule has 0 fully saturated rings. The molecule has 5 heteroatoms. The Morgan fingerprint density at radius 1 is 1.22 bits per heavy atom. The number of aliphatic hydroxyl groups is 1. The lowest BCUT2D eigenvalue weighted by Crippen LogP contribution is -2.03. The molecule has 2 rings (SSSR count). The molecule has 1 aromatic heterocycles. The third kappa shape index (κ3) is 2.26. The minimum absolute atomic E-state index is 0.437. The summed E-state index contributed by atoms with van der Waals surface area (Å²) in [6, 6.07) is 5.13. The van der Waals surface area contributed by atoms with Crippen LogP contribution in [0.2, 0.25) is 10.0 Å². The highest BCUT2D eigenvalue weighted by Crippen LogP contribution is 2.31. The topological polar surface area (TPSA) is 38.0 Å². The van der Waals surface area contributed by atoms with Crippen molar-refractivity contribution in [1.82, 2.24) is 9.78 Å². The molecule has 2 aromatic rings. The maximum absolute atomic E-state index is 10.4. The van der Waals surface area contributed by atoms with Crippen LogP contribution in [0.15, 0.2) is 18.2 Å². The van der Waals surface area contributed by atoms with Gasteiger partial charge in [-0.2, -0.15) is 5.10 Å². The summed E-state index contributed by atoms with van der Waals surface area (Å²) in [5.41, 5.74) is 3.28. The average molecular weight is 285 g/mol. The van der Waals surface area contributed by atoms with Gasteiger partial charge in [-0.05, 0) is 31.5 Å². The maximum Gasteiger partial charge on any atom is 0.108 e. The minimum Gasteiger partial charge on any atom is -0.384 e. The predicted molar refractivity (Wildman–Crippen MR) is 73.2 cm³/mol. The number of rotatable bonds is 2. The van der Waals surface area contributed by atoms with Gasteiger partial charge in [-0.15, -0.1) is 0 Å². The summed E-state index contributed by atoms with van der Waals surface area (Å²) in [5.74, 6) is 0. The van der Waals surface area contributed by atoms with E-state index in [9.17, 15) is 5.11 Å². The molecule has 0 saturated carbocycles. The van der Waals surface area contributed by atoms with Crippen molar-refractivity contribution in [3.63, 3.8) is 0 Å². The fraction of sp³-hybridized carbons (Fsp3) is 0.308. The molecular formula is C13H14Cl2N2O. The van der Waals surface area contributed by atoms with Gasteiger partial charge >= 0.3 is 0 Å². The molecule has 0 saturated heterocycles. The average Bonchev–Trinajstić information content (AvgIpc) is 2.56. The van der Waals surface area contributed by atoms with Crippen LogP contribution in [0.4, 0.5) is 0 Å². The lowest BCUT2D eigenvalue weighted by Gasteiger charge is -2.12. The van der Waals surface area contributed by atoms with Gasteiger partial charge in [0.2, 0.25) is 0 Å². The van der Waals surface area contributed by atoms with Gasteiger partial charge in [0.05, 0.1) is 15.7 Å². The van der Waals surface area contributed by atoms with Gasteiger partial charge in [-0.3, -0.25) is 4.68 Å². The summed E-state index contributed by atoms with van der Waals surface area (Å²) in [6.45, 7) is 3.80. The quantitative estimate of drug-likeness (QED) is 0.918. The third-order valence-electron chi connectivity index (χ3n) is 3.10. The molecule has 1 atom stereocenters. The summed E-state index contributed by atoms with van der Waals surface area (Å²) in [7, 11) is 1.85. The monoisotopic (exact) mass is 284 g/mol. The van der Waals surface area contributed by atoms with Crippen LogP contribution in [-0.2, 0) is 7.05 Å². The van der Waals surface area contributed by atoms with Gasteiger partial charge in [-0.25, -0.2) is 0 Å². The molecule has 3 nitrogen and oxygen atoms in total. The van der Waals surface area contributed by atoms with Crippen molar-refractivity contribution in [3.05, 3.63) is 50.8 Å². The van der Waals surface area contributed by atoms with Crippen molar-refractivity contribution in [1.29, 1.82) is 0 Å². The largest absolute Gasteiger partial charge is 0.384 e. The smallest absolute Gasteiger partial charge is 0.108 e. The van der Waals surface area contributed by atoms with Crippen molar-refractivity contribution in [2.24, 2.45) is 7.05 Å². The summed E-state index contributed by atoms with van der Waals surface area (Å²) in [5, 5.41) is 15.6. The van der Waals surface area contributed by atoms with Crippen LogP contribution in [0.25, 0.3) is 0 Å². The summed E-state index contributed by atoms with van der Waals surface area (Å²) >= 11 is 11.8. The van der Waals surface area contributed by atoms with E-state index in [2.05, 4.69) is 5.10 Å². The van der Waals surface area contributed by atoms with Crippen LogP contribution in [0.1, 0.15) is 28.6 Å². The minimum atomic E-state index is -0.742. The molecule has 0 amide bonds. The van der Waals surface area contributed by atoms with E-state index >= 15 is 0 Å². The Morgan fingerprint density at radius 3 is 2.39 bits per heavy atom. The van der Waals surface area contributed by atoms with E-state index in [4.69, 9.17) is 23.2 Å². The lowest BCUT2D eigenvalue weighted by molar-refractivity contribution is 0.218. The standard InChI is InChI=1S/C13H14Cl2N2O/c1-7-12(8(2)17(3)16-7)13(18)9-4-5-10(14)11(15)6-9/h4-6,13,18H,1-3H3. The molecule has 0 aliphatic heterocycles. The highest BCUT2D eigenvalue weighted by Gasteiger charge is 2.20. The molecule has 1 heterocycles. The number of aromatic nitrogens is 2. The van der Waals surface area contributed by atoms with E-state index in [1.165, 1.54) is 0 Å². The first-order valence-corrected chi connectivity index (χ1v) is 6.30. The van der Waals surface area contributed by atoms with Gasteiger partial charge < -0.3 is 5.11 Å². The number of halogens is 2. The highest BCUT2D eigenvalue weighted by molar-refractivity contribution is 6.42. The van der Waals surface area contributed by atoms with E-state index < -0.39 is 6.10 Å². The molecular weight excluding hydrogens is 271 g/mol. The fourth-order valence-corrected chi connectivity index (χ4v) is 2.34. The van der Waals surface area contributed by atoms with Crippen molar-refractivity contribution in [2.75, 3.05) is 0 Å². The molecule has 0 spiro atoms. The second-order valence-electron chi connectivity index (χ2n) is 4.28. The molecule has 0 aliphatic rings. The number of aliphatic hydroxyl groups excluding tert-OH is 1. The second kappa shape index (κ2) is 4.92. The van der Waals surface area contributed by atoms with Crippen LogP contribution < -0.4 is 0 Å². The molecule has 1 aromatic carbocycles. The van der Waals surface area contributed by atoms with Crippen molar-refractivity contribution < 1.29 is 5.11 Å². The zero-order chi connectivity index (χ0) is 13.4. The Balaban J connectivity index is 2.47. The SMILES string of the molecule is Cc1nn(C)c(C)c1C(O)c1ccc(Cl)c(Cl)c1. The van der Waals surface area contributed by atoms with Crippen LogP contribution in [0.5, 0.6) is 0 Å². The summed E-state index contributed by atoms with van der Waals surface area (Å²) in [4.78, 5) is 0. The predicted octanol–water partition coefficient (Wildman–Crippen LogP) is 3.43. The number of benzene rings is 1. The molecule has 0 radical (unpaired) electrons. The van der Waals surface area contributed by atoms with Crippen molar-refractivity contribution in [3.8, 4) is 0 Å². The third-order valence-corrected chi connectivity index (χ3v) is 3.84. The first kappa shape index (κ1) is 13.4. The molecule has 18 heavy (non-hydrogen) atoms. The molecule has 96 valence electrons. The Labute approximate surface area is 116 Å². The van der Waals surface area contributed by atoms with Crippen LogP contribution in [0, 0.1) is 13.8 Å². The Kier molecular flexibility index (Phi) is 3.66.